The summed E-state index contributed by atoms with van der Waals surface area (Å²) >= 11 is 0. The molecule has 0 radical (unpaired) electrons. The van der Waals surface area contributed by atoms with Crippen LogP contribution >= 0.6 is 0 Å². The number of hydrogen-bond donors (Lipinski definition) is 2. The maximum atomic E-state index is 12.7. The number of carbonyl (C=O) groups is 2. The second-order valence-corrected chi connectivity index (χ2v) is 5.92. The van der Waals surface area contributed by atoms with Gasteiger partial charge in [0.1, 0.15) is 17.2 Å². The van der Waals surface area contributed by atoms with Crippen LogP contribution in [0.1, 0.15) is 21.7 Å². The van der Waals surface area contributed by atoms with Gasteiger partial charge >= 0.3 is 0 Å². The predicted molar refractivity (Wildman–Crippen MR) is 105 cm³/mol. The van der Waals surface area contributed by atoms with Crippen molar-refractivity contribution in [3.8, 4) is 5.75 Å². The predicted octanol–water partition coefficient (Wildman–Crippen LogP) is 3.38. The zero-order chi connectivity index (χ0) is 19.8. The average molecular weight is 376 g/mol. The van der Waals surface area contributed by atoms with Crippen molar-refractivity contribution >= 4 is 17.9 Å². The summed E-state index contributed by atoms with van der Waals surface area (Å²) in [6.45, 7) is 0.305. The molecule has 3 aromatic rings. The molecule has 0 aliphatic heterocycles. The smallest absolute Gasteiger partial charge is 0.268 e. The third kappa shape index (κ3) is 5.11. The number of amides is 2. The lowest BCUT2D eigenvalue weighted by molar-refractivity contribution is -0.117. The van der Waals surface area contributed by atoms with Crippen molar-refractivity contribution in [1.82, 2.24) is 10.6 Å². The molecule has 6 heteroatoms. The van der Waals surface area contributed by atoms with E-state index in [1.807, 2.05) is 30.3 Å². The molecule has 1 aromatic heterocycles. The topological polar surface area (TPSA) is 80.6 Å². The van der Waals surface area contributed by atoms with Gasteiger partial charge in [0, 0.05) is 18.2 Å². The molecule has 2 N–H and O–H groups in total. The first-order valence-corrected chi connectivity index (χ1v) is 8.68. The Morgan fingerprint density at radius 2 is 1.75 bits per heavy atom. The van der Waals surface area contributed by atoms with Crippen LogP contribution in [0.15, 0.2) is 83.1 Å². The Morgan fingerprint density at radius 1 is 1.00 bits per heavy atom. The quantitative estimate of drug-likeness (QED) is 0.620. The van der Waals surface area contributed by atoms with Crippen molar-refractivity contribution in [2.24, 2.45) is 0 Å². The monoisotopic (exact) mass is 376 g/mol. The molecule has 0 saturated heterocycles. The van der Waals surface area contributed by atoms with Crippen LogP contribution in [0.5, 0.6) is 5.75 Å². The Hall–Kier alpha value is -3.80. The molecule has 28 heavy (non-hydrogen) atoms. The van der Waals surface area contributed by atoms with Crippen molar-refractivity contribution in [2.75, 3.05) is 7.11 Å². The van der Waals surface area contributed by atoms with Crippen LogP contribution in [0, 0.1) is 0 Å². The molecule has 0 unspecified atom stereocenters. The Morgan fingerprint density at radius 3 is 2.39 bits per heavy atom. The summed E-state index contributed by atoms with van der Waals surface area (Å²) < 4.78 is 10.4. The average Bonchev–Trinajstić information content (AvgIpc) is 3.25. The molecule has 0 fully saturated rings. The first kappa shape index (κ1) is 19.0. The lowest BCUT2D eigenvalue weighted by atomic mass is 10.2. The molecule has 2 aromatic carbocycles. The van der Waals surface area contributed by atoms with Crippen LogP contribution in [0.2, 0.25) is 0 Å². The van der Waals surface area contributed by atoms with Crippen molar-refractivity contribution in [3.63, 3.8) is 0 Å². The van der Waals surface area contributed by atoms with Gasteiger partial charge in [-0.2, -0.15) is 0 Å². The number of hydrogen-bond acceptors (Lipinski definition) is 4. The summed E-state index contributed by atoms with van der Waals surface area (Å²) in [5.41, 5.74) is 1.45. The molecule has 2 amide bonds. The Balaban J connectivity index is 1.72. The number of carbonyl (C=O) groups excluding carboxylic acids is 2. The molecular formula is C22H20N2O4. The molecule has 0 saturated carbocycles. The largest absolute Gasteiger partial charge is 0.497 e. The lowest BCUT2D eigenvalue weighted by Crippen LogP contribution is -2.34. The highest BCUT2D eigenvalue weighted by atomic mass is 16.5. The van der Waals surface area contributed by atoms with Crippen LogP contribution in [0.4, 0.5) is 0 Å². The maximum Gasteiger partial charge on any atom is 0.268 e. The highest BCUT2D eigenvalue weighted by Gasteiger charge is 2.15. The number of nitrogens with one attached hydrogen (secondary N) is 2. The van der Waals surface area contributed by atoms with Crippen LogP contribution in [-0.4, -0.2) is 18.9 Å². The molecule has 0 atom stereocenters. The normalized spacial score (nSPS) is 11.0. The highest BCUT2D eigenvalue weighted by molar-refractivity contribution is 6.05. The summed E-state index contributed by atoms with van der Waals surface area (Å²) in [6.07, 6.45) is 2.99. The van der Waals surface area contributed by atoms with Gasteiger partial charge in [0.25, 0.3) is 11.8 Å². The summed E-state index contributed by atoms with van der Waals surface area (Å²) in [6, 6.07) is 19.4. The highest BCUT2D eigenvalue weighted by Crippen LogP contribution is 2.12. The van der Waals surface area contributed by atoms with Gasteiger partial charge in [-0.1, -0.05) is 30.3 Å². The van der Waals surface area contributed by atoms with E-state index >= 15 is 0 Å². The van der Waals surface area contributed by atoms with E-state index in [0.29, 0.717) is 17.9 Å². The van der Waals surface area contributed by atoms with Gasteiger partial charge < -0.3 is 19.8 Å². The molecule has 0 aliphatic rings. The van der Waals surface area contributed by atoms with E-state index in [4.69, 9.17) is 9.15 Å². The molecule has 0 spiro atoms. The zero-order valence-electron chi connectivity index (χ0n) is 15.3. The minimum absolute atomic E-state index is 0.0947. The Labute approximate surface area is 162 Å². The second kappa shape index (κ2) is 9.23. The molecule has 142 valence electrons. The van der Waals surface area contributed by atoms with E-state index in [1.54, 1.807) is 43.5 Å². The fraction of sp³-hybridized carbons (Fsp3) is 0.0909. The molecule has 3 rings (SSSR count). The van der Waals surface area contributed by atoms with Crippen molar-refractivity contribution in [1.29, 1.82) is 0 Å². The first-order chi connectivity index (χ1) is 13.7. The fourth-order valence-corrected chi connectivity index (χ4v) is 2.48. The molecular weight excluding hydrogens is 356 g/mol. The fourth-order valence-electron chi connectivity index (χ4n) is 2.48. The third-order valence-electron chi connectivity index (χ3n) is 3.97. The number of methoxy groups -OCH3 is 1. The molecule has 0 aliphatic carbocycles. The van der Waals surface area contributed by atoms with Gasteiger partial charge in [-0.15, -0.1) is 0 Å². The Kier molecular flexibility index (Phi) is 6.25. The standard InChI is InChI=1S/C22H20N2O4/c1-27-18-11-9-16(10-12-18)15-23-22(26)20(14-19-8-5-13-28-19)24-21(25)17-6-3-2-4-7-17/h2-14H,15H2,1H3,(H,23,26)(H,24,25)/b20-14-. The van der Waals surface area contributed by atoms with E-state index in [2.05, 4.69) is 10.6 Å². The summed E-state index contributed by atoms with van der Waals surface area (Å²) in [5.74, 6) is 0.404. The van der Waals surface area contributed by atoms with Gasteiger partial charge in [0.15, 0.2) is 0 Å². The van der Waals surface area contributed by atoms with Gasteiger partial charge in [-0.05, 0) is 42.0 Å². The SMILES string of the molecule is COc1ccc(CNC(=O)/C(=C/c2ccco2)NC(=O)c2ccccc2)cc1. The maximum absolute atomic E-state index is 12.7. The van der Waals surface area contributed by atoms with Gasteiger partial charge in [-0.25, -0.2) is 0 Å². The summed E-state index contributed by atoms with van der Waals surface area (Å²) in [7, 11) is 1.60. The minimum atomic E-state index is -0.420. The van der Waals surface area contributed by atoms with Gasteiger partial charge in [0.2, 0.25) is 0 Å². The van der Waals surface area contributed by atoms with Crippen LogP contribution in [-0.2, 0) is 11.3 Å². The Bertz CT molecular complexity index is 946. The van der Waals surface area contributed by atoms with Gasteiger partial charge in [-0.3, -0.25) is 9.59 Å². The summed E-state index contributed by atoms with van der Waals surface area (Å²) in [5, 5.41) is 5.46. The minimum Gasteiger partial charge on any atom is -0.497 e. The molecule has 6 nitrogen and oxygen atoms in total. The van der Waals surface area contributed by atoms with Gasteiger partial charge in [0.05, 0.1) is 13.4 Å². The zero-order valence-corrected chi connectivity index (χ0v) is 15.3. The van der Waals surface area contributed by atoms with Crippen molar-refractivity contribution in [3.05, 3.63) is 95.6 Å². The number of rotatable bonds is 7. The summed E-state index contributed by atoms with van der Waals surface area (Å²) in [4.78, 5) is 25.1. The van der Waals surface area contributed by atoms with E-state index in [9.17, 15) is 9.59 Å². The van der Waals surface area contributed by atoms with Crippen molar-refractivity contribution in [2.45, 2.75) is 6.54 Å². The number of benzene rings is 2. The molecule has 0 bridgehead atoms. The van der Waals surface area contributed by atoms with E-state index < -0.39 is 5.91 Å². The van der Waals surface area contributed by atoms with E-state index in [1.165, 1.54) is 12.3 Å². The second-order valence-electron chi connectivity index (χ2n) is 5.92. The van der Waals surface area contributed by atoms with E-state index in [-0.39, 0.29) is 11.6 Å². The van der Waals surface area contributed by atoms with Crippen LogP contribution in [0.3, 0.4) is 0 Å². The third-order valence-corrected chi connectivity index (χ3v) is 3.97. The number of ether oxygens (including phenoxy) is 1. The molecule has 1 heterocycles. The van der Waals surface area contributed by atoms with Crippen molar-refractivity contribution < 1.29 is 18.7 Å². The van der Waals surface area contributed by atoms with Crippen LogP contribution < -0.4 is 15.4 Å². The van der Waals surface area contributed by atoms with Crippen LogP contribution in [0.25, 0.3) is 6.08 Å². The number of furan rings is 1. The lowest BCUT2D eigenvalue weighted by Gasteiger charge is -2.11. The first-order valence-electron chi connectivity index (χ1n) is 8.68. The van der Waals surface area contributed by atoms with E-state index in [0.717, 1.165) is 11.3 Å².